The number of anilines is 1. The summed E-state index contributed by atoms with van der Waals surface area (Å²) in [4.78, 5) is 15.3. The molecule has 1 aromatic rings. The Morgan fingerprint density at radius 1 is 1.50 bits per heavy atom. The Kier molecular flexibility index (Phi) is 5.92. The molecule has 0 amide bonds. The number of hydrogen-bond acceptors (Lipinski definition) is 6. The van der Waals surface area contributed by atoms with Gasteiger partial charge in [-0.05, 0) is 44.5 Å². The molecule has 0 aliphatic carbocycles. The van der Waals surface area contributed by atoms with Crippen molar-refractivity contribution < 1.29 is 14.6 Å². The van der Waals surface area contributed by atoms with Crippen molar-refractivity contribution in [3.05, 3.63) is 29.3 Å². The molecule has 2 rings (SSSR count). The molecule has 0 aromatic heterocycles. The molecule has 0 spiro atoms. The summed E-state index contributed by atoms with van der Waals surface area (Å²) >= 11 is 1.73. The number of nitrogens with zero attached hydrogens (tertiary/aromatic N) is 2. The van der Waals surface area contributed by atoms with Crippen LogP contribution in [-0.4, -0.2) is 42.1 Å². The second-order valence-corrected chi connectivity index (χ2v) is 7.59. The Morgan fingerprint density at radius 3 is 2.88 bits per heavy atom. The van der Waals surface area contributed by atoms with Crippen LogP contribution in [0.15, 0.2) is 28.7 Å². The van der Waals surface area contributed by atoms with Crippen molar-refractivity contribution in [2.24, 2.45) is 0 Å². The fourth-order valence-electron chi connectivity index (χ4n) is 2.37. The Balaban J connectivity index is 2.26. The molecule has 1 N–H and O–H groups in total. The number of ether oxygens (including phenoxy) is 1. The molecular formula is C18H22N2O3S. The van der Waals surface area contributed by atoms with Crippen molar-refractivity contribution >= 4 is 29.5 Å². The maximum absolute atomic E-state index is 12.1. The van der Waals surface area contributed by atoms with Crippen LogP contribution in [-0.2, 0) is 9.53 Å². The molecule has 24 heavy (non-hydrogen) atoms. The lowest BCUT2D eigenvalue weighted by Gasteiger charge is -2.30. The third-order valence-electron chi connectivity index (χ3n) is 3.36. The number of aliphatic hydroxyl groups excluding tert-OH is 1. The first kappa shape index (κ1) is 18.4. The molecule has 1 aromatic carbocycles. The molecule has 1 heterocycles. The molecule has 0 unspecified atom stereocenters. The highest BCUT2D eigenvalue weighted by atomic mass is 32.2. The lowest BCUT2D eigenvalue weighted by atomic mass is 10.1. The predicted molar refractivity (Wildman–Crippen MR) is 95.9 cm³/mol. The van der Waals surface area contributed by atoms with Crippen molar-refractivity contribution in [3.8, 4) is 6.07 Å². The molecule has 128 valence electrons. The maximum Gasteiger partial charge on any atom is 0.349 e. The van der Waals surface area contributed by atoms with Gasteiger partial charge >= 0.3 is 5.97 Å². The van der Waals surface area contributed by atoms with Gasteiger partial charge in [-0.25, -0.2) is 4.79 Å². The van der Waals surface area contributed by atoms with Gasteiger partial charge in [-0.2, -0.15) is 5.26 Å². The maximum atomic E-state index is 12.1. The number of thioether (sulfide) groups is 1. The summed E-state index contributed by atoms with van der Waals surface area (Å²) in [5.74, 6) is 0.328. The zero-order valence-electron chi connectivity index (χ0n) is 14.2. The topological polar surface area (TPSA) is 73.6 Å². The summed E-state index contributed by atoms with van der Waals surface area (Å²) in [7, 11) is 0. The first-order valence-electron chi connectivity index (χ1n) is 7.82. The number of aliphatic hydroxyl groups is 1. The van der Waals surface area contributed by atoms with Crippen LogP contribution in [0.3, 0.4) is 0 Å². The highest BCUT2D eigenvalue weighted by molar-refractivity contribution is 7.99. The third kappa shape index (κ3) is 4.76. The number of fused-ring (bicyclic) bond motifs is 1. The van der Waals surface area contributed by atoms with E-state index >= 15 is 0 Å². The van der Waals surface area contributed by atoms with Crippen LogP contribution < -0.4 is 4.90 Å². The largest absolute Gasteiger partial charge is 0.456 e. The van der Waals surface area contributed by atoms with Gasteiger partial charge < -0.3 is 14.7 Å². The fraction of sp³-hybridized carbons (Fsp3) is 0.444. The van der Waals surface area contributed by atoms with E-state index in [1.54, 1.807) is 38.6 Å². The van der Waals surface area contributed by atoms with Crippen molar-refractivity contribution in [1.82, 2.24) is 0 Å². The van der Waals surface area contributed by atoms with E-state index in [-0.39, 0.29) is 12.2 Å². The van der Waals surface area contributed by atoms with Gasteiger partial charge in [0.1, 0.15) is 17.2 Å². The normalized spacial score (nSPS) is 14.8. The second kappa shape index (κ2) is 7.73. The van der Waals surface area contributed by atoms with Crippen LogP contribution in [0, 0.1) is 11.3 Å². The SMILES string of the molecule is CC(C)(C)OC(=O)/C(C#N)=C/c1ccc2c(c1)SCCN2CCO. The summed E-state index contributed by atoms with van der Waals surface area (Å²) in [6, 6.07) is 7.72. The molecule has 1 aliphatic heterocycles. The summed E-state index contributed by atoms with van der Waals surface area (Å²) in [5.41, 5.74) is 1.21. The van der Waals surface area contributed by atoms with Gasteiger partial charge in [0.15, 0.2) is 0 Å². The lowest BCUT2D eigenvalue weighted by Crippen LogP contribution is -2.31. The number of carbonyl (C=O) groups is 1. The van der Waals surface area contributed by atoms with E-state index < -0.39 is 11.6 Å². The second-order valence-electron chi connectivity index (χ2n) is 6.46. The van der Waals surface area contributed by atoms with Gasteiger partial charge in [-0.15, -0.1) is 11.8 Å². The van der Waals surface area contributed by atoms with Gasteiger partial charge in [0.25, 0.3) is 0 Å². The Bertz CT molecular complexity index is 686. The first-order valence-corrected chi connectivity index (χ1v) is 8.80. The van der Waals surface area contributed by atoms with Crippen molar-refractivity contribution in [1.29, 1.82) is 5.26 Å². The van der Waals surface area contributed by atoms with Gasteiger partial charge in [0.2, 0.25) is 0 Å². The Hall–Kier alpha value is -1.97. The minimum Gasteiger partial charge on any atom is -0.456 e. The van der Waals surface area contributed by atoms with E-state index in [1.165, 1.54) is 0 Å². The molecule has 0 saturated heterocycles. The molecule has 0 fully saturated rings. The zero-order chi connectivity index (χ0) is 17.7. The van der Waals surface area contributed by atoms with Gasteiger partial charge in [0.05, 0.1) is 12.3 Å². The summed E-state index contributed by atoms with van der Waals surface area (Å²) in [6.45, 7) is 6.92. The first-order chi connectivity index (χ1) is 11.3. The minimum atomic E-state index is -0.635. The third-order valence-corrected chi connectivity index (χ3v) is 4.39. The average Bonchev–Trinajstić information content (AvgIpc) is 2.51. The number of carbonyl (C=O) groups excluding carboxylic acids is 1. The van der Waals surface area contributed by atoms with E-state index in [0.29, 0.717) is 6.54 Å². The monoisotopic (exact) mass is 346 g/mol. The van der Waals surface area contributed by atoms with Crippen LogP contribution in [0.1, 0.15) is 26.3 Å². The van der Waals surface area contributed by atoms with Crippen molar-refractivity contribution in [2.75, 3.05) is 30.3 Å². The molecule has 6 heteroatoms. The fourth-order valence-corrected chi connectivity index (χ4v) is 3.47. The van der Waals surface area contributed by atoms with E-state index in [1.807, 2.05) is 24.3 Å². The van der Waals surface area contributed by atoms with Crippen molar-refractivity contribution in [3.63, 3.8) is 0 Å². The summed E-state index contributed by atoms with van der Waals surface area (Å²) in [5, 5.41) is 18.4. The average molecular weight is 346 g/mol. The molecule has 1 aliphatic rings. The van der Waals surface area contributed by atoms with Gasteiger partial charge in [0, 0.05) is 23.7 Å². The van der Waals surface area contributed by atoms with Crippen LogP contribution in [0.4, 0.5) is 5.69 Å². The number of benzene rings is 1. The molecule has 0 atom stereocenters. The van der Waals surface area contributed by atoms with E-state index in [4.69, 9.17) is 9.84 Å². The number of rotatable bonds is 4. The van der Waals surface area contributed by atoms with E-state index in [9.17, 15) is 10.1 Å². The molecular weight excluding hydrogens is 324 g/mol. The molecule has 0 bridgehead atoms. The Morgan fingerprint density at radius 2 is 2.25 bits per heavy atom. The minimum absolute atomic E-state index is 0.0158. The molecule has 0 radical (unpaired) electrons. The number of nitriles is 1. The highest BCUT2D eigenvalue weighted by Crippen LogP contribution is 2.35. The number of hydrogen-bond donors (Lipinski definition) is 1. The van der Waals surface area contributed by atoms with E-state index in [0.717, 1.165) is 28.4 Å². The molecule has 5 nitrogen and oxygen atoms in total. The standard InChI is InChI=1S/C18H22N2O3S/c1-18(2,3)23-17(22)14(12-19)10-13-4-5-15-16(11-13)24-9-7-20(15)6-8-21/h4-5,10-11,21H,6-9H2,1-3H3/b14-10+. The predicted octanol–water partition coefficient (Wildman–Crippen LogP) is 2.84. The van der Waals surface area contributed by atoms with Crippen LogP contribution in [0.25, 0.3) is 6.08 Å². The number of esters is 1. The van der Waals surface area contributed by atoms with E-state index in [2.05, 4.69) is 4.90 Å². The smallest absolute Gasteiger partial charge is 0.349 e. The van der Waals surface area contributed by atoms with Gasteiger partial charge in [-0.3, -0.25) is 0 Å². The van der Waals surface area contributed by atoms with Crippen LogP contribution in [0.2, 0.25) is 0 Å². The van der Waals surface area contributed by atoms with Gasteiger partial charge in [-0.1, -0.05) is 6.07 Å². The quantitative estimate of drug-likeness (QED) is 0.513. The van der Waals surface area contributed by atoms with Crippen LogP contribution >= 0.6 is 11.8 Å². The summed E-state index contributed by atoms with van der Waals surface area (Å²) in [6.07, 6.45) is 1.56. The van der Waals surface area contributed by atoms with Crippen molar-refractivity contribution in [2.45, 2.75) is 31.3 Å². The van der Waals surface area contributed by atoms with Crippen LogP contribution in [0.5, 0.6) is 0 Å². The highest BCUT2D eigenvalue weighted by Gasteiger charge is 2.21. The number of β-amino-alcohol motifs (C(OH)–C–C–N with tert-alkyl or cyclic N) is 1. The zero-order valence-corrected chi connectivity index (χ0v) is 15.0. The molecule has 0 saturated carbocycles. The summed E-state index contributed by atoms with van der Waals surface area (Å²) < 4.78 is 5.25. The Labute approximate surface area is 146 Å². The lowest BCUT2D eigenvalue weighted by molar-refractivity contribution is -0.149.